The maximum absolute atomic E-state index is 13.6. The van der Waals surface area contributed by atoms with Crippen LogP contribution in [0.5, 0.6) is 0 Å². The number of rotatable bonds is 7. The lowest BCUT2D eigenvalue weighted by Crippen LogP contribution is -2.73. The van der Waals surface area contributed by atoms with Crippen molar-refractivity contribution in [2.24, 2.45) is 5.92 Å². The zero-order valence-electron chi connectivity index (χ0n) is 19.7. The van der Waals surface area contributed by atoms with E-state index in [1.165, 1.54) is 4.90 Å². The fourth-order valence-corrected chi connectivity index (χ4v) is 6.68. The second-order valence-electron chi connectivity index (χ2n) is 9.20. The van der Waals surface area contributed by atoms with Crippen molar-refractivity contribution in [3.05, 3.63) is 119 Å². The van der Waals surface area contributed by atoms with E-state index in [-0.39, 0.29) is 22.9 Å². The third kappa shape index (κ3) is 3.87. The van der Waals surface area contributed by atoms with Gasteiger partial charge in [-0.3, -0.25) is 15.0 Å². The topological polar surface area (TPSA) is 72.5 Å². The van der Waals surface area contributed by atoms with Gasteiger partial charge in [0.2, 0.25) is 5.91 Å². The van der Waals surface area contributed by atoms with Gasteiger partial charge in [-0.05, 0) is 28.2 Å². The van der Waals surface area contributed by atoms with Crippen LogP contribution in [-0.2, 0) is 15.1 Å². The van der Waals surface area contributed by atoms with E-state index >= 15 is 0 Å². The lowest BCUT2D eigenvalue weighted by molar-refractivity contribution is -0.301. The van der Waals surface area contributed by atoms with Crippen LogP contribution < -0.4 is 10.4 Å². The summed E-state index contributed by atoms with van der Waals surface area (Å²) < 4.78 is 0. The van der Waals surface area contributed by atoms with Crippen molar-refractivity contribution in [3.8, 4) is 0 Å². The van der Waals surface area contributed by atoms with Crippen molar-refractivity contribution >= 4 is 23.6 Å². The minimum Gasteiger partial charge on any atom is -0.543 e. The Morgan fingerprint density at radius 2 is 1.37 bits per heavy atom. The molecule has 3 aromatic rings. The SMILES string of the molecule is CC(C)C1=C(C(=O)[O-])N2C(=O)[C@H](NC(c3ccccc3)(c3ccccc3)c3ccccc3)[C@H]2SC1. The van der Waals surface area contributed by atoms with Crippen LogP contribution in [0.4, 0.5) is 0 Å². The summed E-state index contributed by atoms with van der Waals surface area (Å²) in [6.45, 7) is 3.90. The second-order valence-corrected chi connectivity index (χ2v) is 10.3. The van der Waals surface area contributed by atoms with Gasteiger partial charge in [0.05, 0.1) is 17.2 Å². The third-order valence-electron chi connectivity index (χ3n) is 6.88. The molecule has 5 rings (SSSR count). The lowest BCUT2D eigenvalue weighted by atomic mass is 9.76. The molecule has 2 aliphatic heterocycles. The molecule has 178 valence electrons. The highest BCUT2D eigenvalue weighted by atomic mass is 32.2. The molecule has 0 unspecified atom stereocenters. The summed E-state index contributed by atoms with van der Waals surface area (Å²) in [6.07, 6.45) is 0. The summed E-state index contributed by atoms with van der Waals surface area (Å²) in [6, 6.07) is 29.7. The maximum Gasteiger partial charge on any atom is 0.248 e. The molecular formula is C29H27N2O3S-. The molecule has 0 bridgehead atoms. The first kappa shape index (κ1) is 23.4. The van der Waals surface area contributed by atoms with Crippen LogP contribution in [0.3, 0.4) is 0 Å². The van der Waals surface area contributed by atoms with Crippen molar-refractivity contribution in [3.63, 3.8) is 0 Å². The molecule has 0 radical (unpaired) electrons. The number of amides is 1. The molecule has 3 aromatic carbocycles. The summed E-state index contributed by atoms with van der Waals surface area (Å²) >= 11 is 1.60. The molecular weight excluding hydrogens is 456 g/mol. The van der Waals surface area contributed by atoms with Crippen molar-refractivity contribution in [1.29, 1.82) is 0 Å². The van der Waals surface area contributed by atoms with E-state index in [0.717, 1.165) is 22.3 Å². The Labute approximate surface area is 209 Å². The zero-order valence-corrected chi connectivity index (χ0v) is 20.5. The van der Waals surface area contributed by atoms with Gasteiger partial charge in [0.25, 0.3) is 0 Å². The highest BCUT2D eigenvalue weighted by Crippen LogP contribution is 2.45. The molecule has 1 amide bonds. The highest BCUT2D eigenvalue weighted by molar-refractivity contribution is 8.00. The number of carbonyl (C=O) groups is 2. The molecule has 6 heteroatoms. The van der Waals surface area contributed by atoms with E-state index < -0.39 is 17.6 Å². The number of nitrogens with zero attached hydrogens (tertiary/aromatic N) is 1. The van der Waals surface area contributed by atoms with Gasteiger partial charge in [-0.1, -0.05) is 105 Å². The van der Waals surface area contributed by atoms with Gasteiger partial charge in [-0.15, -0.1) is 11.8 Å². The maximum atomic E-state index is 13.6. The van der Waals surface area contributed by atoms with Crippen LogP contribution in [0.25, 0.3) is 0 Å². The number of fused-ring (bicyclic) bond motifs is 1. The van der Waals surface area contributed by atoms with Gasteiger partial charge < -0.3 is 9.90 Å². The van der Waals surface area contributed by atoms with E-state index in [4.69, 9.17) is 0 Å². The van der Waals surface area contributed by atoms with Gasteiger partial charge in [-0.2, -0.15) is 0 Å². The number of β-lactam (4-membered cyclic amide) rings is 1. The van der Waals surface area contributed by atoms with E-state index in [0.29, 0.717) is 5.75 Å². The molecule has 2 aliphatic rings. The van der Waals surface area contributed by atoms with Crippen LogP contribution >= 0.6 is 11.8 Å². The Hall–Kier alpha value is -3.35. The molecule has 1 saturated heterocycles. The largest absolute Gasteiger partial charge is 0.543 e. The number of carboxylic acids is 1. The summed E-state index contributed by atoms with van der Waals surface area (Å²) in [5, 5.41) is 15.5. The lowest BCUT2D eigenvalue weighted by Gasteiger charge is -2.54. The molecule has 5 nitrogen and oxygen atoms in total. The fourth-order valence-electron chi connectivity index (χ4n) is 5.12. The number of aliphatic carboxylic acids is 1. The van der Waals surface area contributed by atoms with Crippen LogP contribution in [0.1, 0.15) is 30.5 Å². The van der Waals surface area contributed by atoms with E-state index in [9.17, 15) is 14.7 Å². The monoisotopic (exact) mass is 483 g/mol. The Bertz CT molecular complexity index is 1160. The second kappa shape index (κ2) is 9.36. The van der Waals surface area contributed by atoms with Gasteiger partial charge in [0.15, 0.2) is 0 Å². The van der Waals surface area contributed by atoms with Crippen molar-refractivity contribution in [2.45, 2.75) is 30.8 Å². The minimum atomic E-state index is -1.29. The number of benzene rings is 3. The molecule has 1 fully saturated rings. The first-order valence-electron chi connectivity index (χ1n) is 11.8. The third-order valence-corrected chi connectivity index (χ3v) is 8.18. The van der Waals surface area contributed by atoms with Gasteiger partial charge in [-0.25, -0.2) is 0 Å². The average molecular weight is 484 g/mol. The predicted octanol–water partition coefficient (Wildman–Crippen LogP) is 3.51. The van der Waals surface area contributed by atoms with Gasteiger partial charge >= 0.3 is 0 Å². The van der Waals surface area contributed by atoms with E-state index in [1.54, 1.807) is 11.8 Å². The number of carboxylic acid groups (broad SMARTS) is 1. The van der Waals surface area contributed by atoms with E-state index in [2.05, 4.69) is 41.7 Å². The van der Waals surface area contributed by atoms with Crippen molar-refractivity contribution in [2.75, 3.05) is 5.75 Å². The van der Waals surface area contributed by atoms with Crippen LogP contribution in [0, 0.1) is 5.92 Å². The van der Waals surface area contributed by atoms with E-state index in [1.807, 2.05) is 68.4 Å². The Balaban J connectivity index is 1.63. The molecule has 0 saturated carbocycles. The number of carbonyl (C=O) groups excluding carboxylic acids is 2. The average Bonchev–Trinajstić information content (AvgIpc) is 2.89. The van der Waals surface area contributed by atoms with Gasteiger partial charge in [0.1, 0.15) is 11.4 Å². The Morgan fingerprint density at radius 3 is 1.77 bits per heavy atom. The highest BCUT2D eigenvalue weighted by Gasteiger charge is 2.55. The van der Waals surface area contributed by atoms with Gasteiger partial charge in [0, 0.05) is 5.75 Å². The van der Waals surface area contributed by atoms with Crippen molar-refractivity contribution in [1.82, 2.24) is 10.2 Å². The van der Waals surface area contributed by atoms with Crippen LogP contribution in [0.15, 0.2) is 102 Å². The molecule has 0 aliphatic carbocycles. The number of hydrogen-bond donors (Lipinski definition) is 1. The number of nitrogens with one attached hydrogen (secondary N) is 1. The summed E-state index contributed by atoms with van der Waals surface area (Å²) in [5.74, 6) is -0.950. The standard InChI is InChI=1S/C29H28N2O3S/c1-19(2)23-18-35-27-24(26(32)31(27)25(23)28(33)34)30-29(20-12-6-3-7-13-20,21-14-8-4-9-15-21)22-16-10-5-11-17-22/h3-17,19,24,27,30H,18H2,1-2H3,(H,33,34)/p-1/t24-,27+/m0/s1. The predicted molar refractivity (Wildman–Crippen MR) is 136 cm³/mol. The van der Waals surface area contributed by atoms with Crippen molar-refractivity contribution < 1.29 is 14.7 Å². The molecule has 35 heavy (non-hydrogen) atoms. The smallest absolute Gasteiger partial charge is 0.248 e. The molecule has 2 atom stereocenters. The Kier molecular flexibility index (Phi) is 6.26. The first-order chi connectivity index (χ1) is 16.9. The fraction of sp³-hybridized carbons (Fsp3) is 0.241. The molecule has 2 heterocycles. The van der Waals surface area contributed by atoms with Crippen LogP contribution in [-0.4, -0.2) is 33.9 Å². The Morgan fingerprint density at radius 1 is 0.914 bits per heavy atom. The molecule has 0 aromatic heterocycles. The number of thioether (sulfide) groups is 1. The summed E-state index contributed by atoms with van der Waals surface area (Å²) in [4.78, 5) is 27.1. The quantitative estimate of drug-likeness (QED) is 0.411. The summed E-state index contributed by atoms with van der Waals surface area (Å²) in [7, 11) is 0. The summed E-state index contributed by atoms with van der Waals surface area (Å²) in [5.41, 5.74) is 2.99. The normalized spacial score (nSPS) is 20.0. The minimum absolute atomic E-state index is 0.0215. The zero-order chi connectivity index (χ0) is 24.6. The number of hydrogen-bond acceptors (Lipinski definition) is 5. The first-order valence-corrected chi connectivity index (χ1v) is 12.8. The van der Waals surface area contributed by atoms with Crippen LogP contribution in [0.2, 0.25) is 0 Å². The molecule has 1 N–H and O–H groups in total. The molecule has 0 spiro atoms.